The van der Waals surface area contributed by atoms with Crippen LogP contribution in [0.3, 0.4) is 0 Å². The van der Waals surface area contributed by atoms with E-state index < -0.39 is 16.7 Å². The Kier molecular flexibility index (Phi) is 5.37. The van der Waals surface area contributed by atoms with Crippen molar-refractivity contribution in [1.29, 1.82) is 0 Å². The second kappa shape index (κ2) is 7.59. The Morgan fingerprint density at radius 3 is 2.54 bits per heavy atom. The van der Waals surface area contributed by atoms with Gasteiger partial charge in [-0.2, -0.15) is 13.2 Å². The highest BCUT2D eigenvalue weighted by atomic mass is 32.1. The van der Waals surface area contributed by atoms with Crippen molar-refractivity contribution in [3.8, 4) is 10.4 Å². The Bertz CT molecular complexity index is 1100. The molecule has 0 aliphatic heterocycles. The predicted octanol–water partition coefficient (Wildman–Crippen LogP) is 5.03. The van der Waals surface area contributed by atoms with Gasteiger partial charge >= 0.3 is 6.18 Å². The van der Waals surface area contributed by atoms with Gasteiger partial charge in [-0.1, -0.05) is 35.6 Å². The summed E-state index contributed by atoms with van der Waals surface area (Å²) in [5, 5.41) is 11.0. The van der Waals surface area contributed by atoms with Gasteiger partial charge in [0.15, 0.2) is 4.80 Å². The number of non-ortho nitro benzene ring substituents is 1. The quantitative estimate of drug-likeness (QED) is 0.450. The first kappa shape index (κ1) is 19.8. The van der Waals surface area contributed by atoms with Crippen molar-refractivity contribution >= 4 is 17.0 Å². The van der Waals surface area contributed by atoms with Crippen molar-refractivity contribution < 1.29 is 18.1 Å². The molecule has 0 aliphatic carbocycles. The fourth-order valence-electron chi connectivity index (χ4n) is 2.89. The Hall–Kier alpha value is -2.94. The normalized spacial score (nSPS) is 12.4. The van der Waals surface area contributed by atoms with Crippen LogP contribution in [0, 0.1) is 17.0 Å². The van der Waals surface area contributed by atoms with Gasteiger partial charge in [0.05, 0.1) is 21.9 Å². The summed E-state index contributed by atoms with van der Waals surface area (Å²) in [5.74, 6) is 0. The minimum atomic E-state index is -4.42. The zero-order chi connectivity index (χ0) is 20.5. The molecule has 1 aromatic heterocycles. The first-order valence-corrected chi connectivity index (χ1v) is 9.06. The summed E-state index contributed by atoms with van der Waals surface area (Å²) in [6.07, 6.45) is -4.42. The summed E-state index contributed by atoms with van der Waals surface area (Å²) in [6, 6.07) is 11.4. The van der Waals surface area contributed by atoms with Crippen LogP contribution in [0.2, 0.25) is 0 Å². The third-order valence-electron chi connectivity index (χ3n) is 4.26. The van der Waals surface area contributed by atoms with Crippen molar-refractivity contribution in [3.05, 3.63) is 80.3 Å². The smallest absolute Gasteiger partial charge is 0.316 e. The molecule has 0 atom stereocenters. The summed E-state index contributed by atoms with van der Waals surface area (Å²) in [4.78, 5) is 16.1. The number of hydrogen-bond acceptors (Lipinski definition) is 4. The average Bonchev–Trinajstić information content (AvgIpc) is 2.97. The van der Waals surface area contributed by atoms with E-state index in [0.29, 0.717) is 27.4 Å². The highest BCUT2D eigenvalue weighted by Gasteiger charge is 2.30. The summed E-state index contributed by atoms with van der Waals surface area (Å²) in [6.45, 7) is 2.13. The molecular formula is C19H16F3N3O2S. The van der Waals surface area contributed by atoms with Gasteiger partial charge in [0.25, 0.3) is 5.69 Å². The van der Waals surface area contributed by atoms with Gasteiger partial charge in [-0.3, -0.25) is 15.1 Å². The van der Waals surface area contributed by atoms with Crippen molar-refractivity contribution in [3.63, 3.8) is 0 Å². The number of hydrogen-bond donors (Lipinski definition) is 0. The third kappa shape index (κ3) is 3.99. The maximum Gasteiger partial charge on any atom is 0.416 e. The zero-order valence-electron chi connectivity index (χ0n) is 15.0. The van der Waals surface area contributed by atoms with E-state index in [0.717, 1.165) is 17.8 Å². The molecule has 0 bridgehead atoms. The van der Waals surface area contributed by atoms with Crippen molar-refractivity contribution in [1.82, 2.24) is 4.57 Å². The standard InChI is InChI=1S/C19H16F3N3O2S/c1-12-17(14-6-4-7-15(10-14)19(20,21)22)28-18(23-2)24(12)11-13-5-3-8-16(9-13)25(26)27/h3-10H,11H2,1-2H3. The van der Waals surface area contributed by atoms with Crippen molar-refractivity contribution in [2.24, 2.45) is 4.99 Å². The van der Waals surface area contributed by atoms with Crippen LogP contribution in [-0.4, -0.2) is 16.5 Å². The highest BCUT2D eigenvalue weighted by Crippen LogP contribution is 2.34. The van der Waals surface area contributed by atoms with Crippen LogP contribution in [0.5, 0.6) is 0 Å². The number of aromatic nitrogens is 1. The van der Waals surface area contributed by atoms with Gasteiger partial charge in [-0.15, -0.1) is 0 Å². The number of rotatable bonds is 4. The van der Waals surface area contributed by atoms with Crippen LogP contribution in [0.25, 0.3) is 10.4 Å². The van der Waals surface area contributed by atoms with E-state index in [2.05, 4.69) is 4.99 Å². The predicted molar refractivity (Wildman–Crippen MR) is 101 cm³/mol. The lowest BCUT2D eigenvalue weighted by molar-refractivity contribution is -0.384. The maximum absolute atomic E-state index is 13.1. The van der Waals surface area contributed by atoms with Crippen LogP contribution < -0.4 is 4.80 Å². The minimum Gasteiger partial charge on any atom is -0.316 e. The van der Waals surface area contributed by atoms with Gasteiger partial charge in [0.2, 0.25) is 0 Å². The molecule has 0 fully saturated rings. The van der Waals surface area contributed by atoms with Crippen molar-refractivity contribution in [2.45, 2.75) is 19.6 Å². The lowest BCUT2D eigenvalue weighted by atomic mass is 10.1. The molecule has 0 aliphatic rings. The molecule has 0 radical (unpaired) electrons. The Labute approximate surface area is 162 Å². The molecule has 3 rings (SSSR count). The zero-order valence-corrected chi connectivity index (χ0v) is 15.8. The SMILES string of the molecule is CN=c1sc(-c2cccc(C(F)(F)F)c2)c(C)n1Cc1cccc([N+](=O)[O-])c1. The largest absolute Gasteiger partial charge is 0.416 e. The van der Waals surface area contributed by atoms with Gasteiger partial charge in [-0.25, -0.2) is 0 Å². The third-order valence-corrected chi connectivity index (χ3v) is 5.58. The number of nitro benzene ring substituents is 1. The topological polar surface area (TPSA) is 60.4 Å². The maximum atomic E-state index is 13.1. The molecule has 0 unspecified atom stereocenters. The second-order valence-electron chi connectivity index (χ2n) is 6.11. The van der Waals surface area contributed by atoms with Crippen molar-refractivity contribution in [2.75, 3.05) is 7.05 Å². The van der Waals surface area contributed by atoms with Crippen LogP contribution in [-0.2, 0) is 12.7 Å². The Morgan fingerprint density at radius 1 is 1.18 bits per heavy atom. The van der Waals surface area contributed by atoms with Gasteiger partial charge in [0.1, 0.15) is 0 Å². The van der Waals surface area contributed by atoms with E-state index in [4.69, 9.17) is 0 Å². The molecule has 0 spiro atoms. The molecule has 28 heavy (non-hydrogen) atoms. The molecule has 0 saturated carbocycles. The van der Waals surface area contributed by atoms with Crippen LogP contribution in [0.4, 0.5) is 18.9 Å². The van der Waals surface area contributed by atoms with Gasteiger partial charge < -0.3 is 4.57 Å². The molecule has 146 valence electrons. The number of nitrogens with zero attached hydrogens (tertiary/aromatic N) is 3. The summed E-state index contributed by atoms with van der Waals surface area (Å²) in [5.41, 5.74) is 1.19. The molecule has 3 aromatic rings. The second-order valence-corrected chi connectivity index (χ2v) is 7.09. The number of thiazole rings is 1. The molecule has 0 saturated heterocycles. The highest BCUT2D eigenvalue weighted by molar-refractivity contribution is 7.13. The first-order valence-electron chi connectivity index (χ1n) is 8.24. The van der Waals surface area contributed by atoms with E-state index in [1.54, 1.807) is 32.2 Å². The fraction of sp³-hybridized carbons (Fsp3) is 0.211. The minimum absolute atomic E-state index is 0.0147. The monoisotopic (exact) mass is 407 g/mol. The van der Waals surface area contributed by atoms with Crippen LogP contribution in [0.1, 0.15) is 16.8 Å². The molecule has 1 heterocycles. The number of benzene rings is 2. The number of alkyl halides is 3. The molecule has 0 N–H and O–H groups in total. The lowest BCUT2D eigenvalue weighted by Crippen LogP contribution is -2.17. The molecule has 0 amide bonds. The summed E-state index contributed by atoms with van der Waals surface area (Å²) >= 11 is 1.28. The number of halogens is 3. The van der Waals surface area contributed by atoms with Gasteiger partial charge in [0, 0.05) is 24.9 Å². The first-order chi connectivity index (χ1) is 13.2. The molecule has 9 heteroatoms. The Balaban J connectivity index is 2.06. The molecule has 5 nitrogen and oxygen atoms in total. The van der Waals surface area contributed by atoms with E-state index in [1.807, 2.05) is 4.57 Å². The van der Waals surface area contributed by atoms with E-state index in [9.17, 15) is 23.3 Å². The van der Waals surface area contributed by atoms with E-state index in [-0.39, 0.29) is 5.69 Å². The Morgan fingerprint density at radius 2 is 1.89 bits per heavy atom. The van der Waals surface area contributed by atoms with Crippen LogP contribution in [0.15, 0.2) is 53.5 Å². The van der Waals surface area contributed by atoms with Crippen LogP contribution >= 0.6 is 11.3 Å². The van der Waals surface area contributed by atoms with E-state index in [1.165, 1.54) is 29.5 Å². The lowest BCUT2D eigenvalue weighted by Gasteiger charge is -2.10. The van der Waals surface area contributed by atoms with Gasteiger partial charge in [-0.05, 0) is 30.2 Å². The fourth-order valence-corrected chi connectivity index (χ4v) is 3.98. The molecular weight excluding hydrogens is 391 g/mol. The number of nitro groups is 1. The van der Waals surface area contributed by atoms with E-state index >= 15 is 0 Å². The average molecular weight is 407 g/mol. The summed E-state index contributed by atoms with van der Waals surface area (Å²) < 4.78 is 41.0. The molecule has 2 aromatic carbocycles. The summed E-state index contributed by atoms with van der Waals surface area (Å²) in [7, 11) is 1.60.